The number of carbonyl (C=O) groups is 2. The topological polar surface area (TPSA) is 105 Å². The molecule has 2 aromatic rings. The summed E-state index contributed by atoms with van der Waals surface area (Å²) in [6, 6.07) is 6.99. The number of amides is 2. The predicted molar refractivity (Wildman–Crippen MR) is 91.9 cm³/mol. The average Bonchev–Trinajstić information content (AvgIpc) is 3.03. The molecule has 1 radical (unpaired) electrons. The van der Waals surface area contributed by atoms with Gasteiger partial charge in [0.25, 0.3) is 5.91 Å². The molecular weight excluding hydrogens is 570 g/mol. The quantitative estimate of drug-likeness (QED) is 0.581. The number of rotatable bonds is 5. The van der Waals surface area contributed by atoms with Crippen molar-refractivity contribution in [2.75, 3.05) is 30.4 Å². The van der Waals surface area contributed by atoms with E-state index >= 15 is 0 Å². The van der Waals surface area contributed by atoms with E-state index in [1.165, 1.54) is 30.3 Å². The van der Waals surface area contributed by atoms with Crippen LogP contribution in [0.5, 0.6) is 5.88 Å². The van der Waals surface area contributed by atoms with Crippen molar-refractivity contribution < 1.29 is 67.5 Å². The van der Waals surface area contributed by atoms with Gasteiger partial charge in [0.15, 0.2) is 0 Å². The monoisotopic (exact) mass is 586 g/mol. The van der Waals surface area contributed by atoms with Crippen molar-refractivity contribution in [2.45, 2.75) is 6.10 Å². The molecule has 1 aliphatic heterocycles. The number of aromatic nitrogens is 1. The molecule has 1 aromatic carbocycles. The van der Waals surface area contributed by atoms with Gasteiger partial charge in [0.2, 0.25) is 5.88 Å². The summed E-state index contributed by atoms with van der Waals surface area (Å²) in [6.07, 6.45) is 0.212. The Morgan fingerprint density at radius 2 is 2.22 bits per heavy atom. The van der Waals surface area contributed by atoms with Gasteiger partial charge in [-0.05, 0) is 24.3 Å². The molecule has 10 heteroatoms. The van der Waals surface area contributed by atoms with Gasteiger partial charge in [0.1, 0.15) is 11.9 Å². The number of ether oxygens (including phenoxy) is 2. The number of nitrogens with zero attached hydrogens (tertiary/aromatic N) is 2. The third kappa shape index (κ3) is 4.95. The van der Waals surface area contributed by atoms with Crippen LogP contribution in [-0.4, -0.2) is 43.3 Å². The molecule has 139 valence electrons. The van der Waals surface area contributed by atoms with Crippen molar-refractivity contribution in [3.63, 3.8) is 0 Å². The second-order valence-corrected chi connectivity index (χ2v) is 5.53. The molecule has 1 aliphatic rings. The first kappa shape index (κ1) is 21.5. The number of hydrogen-bond acceptors (Lipinski definition) is 5. The second-order valence-electron chi connectivity index (χ2n) is 5.53. The van der Waals surface area contributed by atoms with Crippen molar-refractivity contribution in [1.29, 1.82) is 0 Å². The fourth-order valence-corrected chi connectivity index (χ4v) is 2.47. The molecule has 2 amide bonds. The van der Waals surface area contributed by atoms with Gasteiger partial charge in [0, 0.05) is 50.1 Å². The first-order valence-electron chi connectivity index (χ1n) is 7.75. The van der Waals surface area contributed by atoms with E-state index < -0.39 is 23.9 Å². The van der Waals surface area contributed by atoms with Gasteiger partial charge >= 0.3 is 6.09 Å². The molecule has 0 saturated carbocycles. The van der Waals surface area contributed by atoms with Crippen molar-refractivity contribution in [1.82, 2.24) is 4.98 Å². The first-order chi connectivity index (χ1) is 12.5. The molecule has 8 nitrogen and oxygen atoms in total. The maximum absolute atomic E-state index is 14.4. The van der Waals surface area contributed by atoms with Crippen LogP contribution in [0.25, 0.3) is 5.73 Å². The van der Waals surface area contributed by atoms with Gasteiger partial charge in [0.05, 0.1) is 36.8 Å². The van der Waals surface area contributed by atoms with Gasteiger partial charge in [-0.25, -0.2) is 14.2 Å². The van der Waals surface area contributed by atoms with E-state index in [2.05, 4.69) is 10.3 Å². The fraction of sp³-hybridized carbons (Fsp3) is 0.235. The van der Waals surface area contributed by atoms with E-state index in [1.54, 1.807) is 12.1 Å². The molecule has 1 fully saturated rings. The minimum Gasteiger partial charge on any atom is -0.674 e. The van der Waals surface area contributed by atoms with Crippen LogP contribution in [0.3, 0.4) is 0 Å². The van der Waals surface area contributed by atoms with Gasteiger partial charge in [-0.1, -0.05) is 0 Å². The Hall–Kier alpha value is -1.76. The van der Waals surface area contributed by atoms with E-state index in [1.807, 2.05) is 0 Å². The Bertz CT molecular complexity index is 834. The predicted octanol–water partition coefficient (Wildman–Crippen LogP) is 2.86. The number of benzene rings is 1. The number of anilines is 2. The molecule has 2 heterocycles. The summed E-state index contributed by atoms with van der Waals surface area (Å²) in [5.74, 6) is -1.03. The molecule has 2 N–H and O–H groups in total. The summed E-state index contributed by atoms with van der Waals surface area (Å²) in [5, 5.41) is 2.54. The van der Waals surface area contributed by atoms with Gasteiger partial charge in [-0.2, -0.15) is 0 Å². The smallest absolute Gasteiger partial charge is 0.414 e. The van der Waals surface area contributed by atoms with E-state index in [0.717, 1.165) is 6.07 Å². The van der Waals surface area contributed by atoms with E-state index in [4.69, 9.17) is 15.2 Å². The number of cyclic esters (lactones) is 1. The number of carbonyl (C=O) groups excluding carboxylic acids is 2. The molecule has 1 aromatic heterocycles. The summed E-state index contributed by atoms with van der Waals surface area (Å²) in [5.41, 5.74) is 7.75. The number of halogens is 1. The summed E-state index contributed by atoms with van der Waals surface area (Å²) in [6.45, 7) is 0.103. The molecule has 0 aliphatic carbocycles. The third-order valence-corrected chi connectivity index (χ3v) is 3.81. The van der Waals surface area contributed by atoms with E-state index in [0.29, 0.717) is 11.6 Å². The maximum atomic E-state index is 14.4. The summed E-state index contributed by atoms with van der Waals surface area (Å²) in [4.78, 5) is 29.2. The minimum atomic E-state index is -0.774. The standard InChI is InChI=1S/C17H16FN4O4.Ac/c1-25-15-5-2-10(8-20-15)21-16(23)13-4-3-11(6-14(13)18)22-9-12(7-19)26-17(22)24;/h2-6,8,12,19H,7,9H2,1H3,(H,21,23);/q-1;/t12-;/m0./s1. The van der Waals surface area contributed by atoms with Gasteiger partial charge in [-0.3, -0.25) is 9.69 Å². The van der Waals surface area contributed by atoms with Crippen LogP contribution in [-0.2, 0) is 4.74 Å². The summed E-state index contributed by atoms with van der Waals surface area (Å²) < 4.78 is 24.3. The SMILES string of the molecule is COc1ccc(NC(=O)c2ccc(N3C[C@H](C[NH-])OC3=O)cc2F)cn1.[Ac]. The van der Waals surface area contributed by atoms with Crippen LogP contribution in [0, 0.1) is 49.9 Å². The number of nitrogens with one attached hydrogen (secondary N) is 2. The minimum absolute atomic E-state index is 0. The van der Waals surface area contributed by atoms with Crippen LogP contribution in [0.4, 0.5) is 20.6 Å². The van der Waals surface area contributed by atoms with Crippen LogP contribution in [0.15, 0.2) is 36.5 Å². The number of hydrogen-bond donors (Lipinski definition) is 1. The Morgan fingerprint density at radius 3 is 2.78 bits per heavy atom. The molecule has 1 atom stereocenters. The molecule has 0 spiro atoms. The van der Waals surface area contributed by atoms with E-state index in [-0.39, 0.29) is 68.4 Å². The Balaban J connectivity index is 0.00000261. The van der Waals surface area contributed by atoms with Crippen molar-refractivity contribution >= 4 is 23.4 Å². The largest absolute Gasteiger partial charge is 0.674 e. The van der Waals surface area contributed by atoms with Crippen molar-refractivity contribution in [2.24, 2.45) is 0 Å². The molecule has 3 rings (SSSR count). The number of pyridine rings is 1. The molecule has 1 saturated heterocycles. The van der Waals surface area contributed by atoms with Crippen LogP contribution in [0.2, 0.25) is 0 Å². The number of methoxy groups -OCH3 is 1. The van der Waals surface area contributed by atoms with Crippen molar-refractivity contribution in [3.05, 3.63) is 53.6 Å². The zero-order chi connectivity index (χ0) is 18.7. The first-order valence-corrected chi connectivity index (χ1v) is 7.75. The van der Waals surface area contributed by atoms with Gasteiger partial charge in [-0.15, -0.1) is 6.54 Å². The van der Waals surface area contributed by atoms with Crippen LogP contribution < -0.4 is 15.0 Å². The normalized spacial score (nSPS) is 15.7. The average molecular weight is 586 g/mol. The van der Waals surface area contributed by atoms with E-state index in [9.17, 15) is 14.0 Å². The Morgan fingerprint density at radius 1 is 1.44 bits per heavy atom. The molecule has 0 unspecified atom stereocenters. The fourth-order valence-electron chi connectivity index (χ4n) is 2.47. The summed E-state index contributed by atoms with van der Waals surface area (Å²) in [7, 11) is 1.47. The summed E-state index contributed by atoms with van der Waals surface area (Å²) >= 11 is 0. The zero-order valence-corrected chi connectivity index (χ0v) is 19.2. The Labute approximate surface area is 190 Å². The molecule has 27 heavy (non-hydrogen) atoms. The molecular formula is C17H16AcFN4O4-. The van der Waals surface area contributed by atoms with Crippen LogP contribution >= 0.6 is 0 Å². The van der Waals surface area contributed by atoms with Crippen molar-refractivity contribution in [3.8, 4) is 5.88 Å². The second kappa shape index (κ2) is 9.44. The third-order valence-electron chi connectivity index (χ3n) is 3.81. The molecule has 0 bridgehead atoms. The Kier molecular flexibility index (Phi) is 7.53. The van der Waals surface area contributed by atoms with Gasteiger partial charge < -0.3 is 20.5 Å². The maximum Gasteiger partial charge on any atom is 0.414 e. The zero-order valence-electron chi connectivity index (χ0n) is 14.4. The van der Waals surface area contributed by atoms with Crippen LogP contribution in [0.1, 0.15) is 10.4 Å².